The van der Waals surface area contributed by atoms with Crippen LogP contribution in [0.15, 0.2) is 10.8 Å². The van der Waals surface area contributed by atoms with E-state index in [0.717, 1.165) is 41.5 Å². The first-order valence-electron chi connectivity index (χ1n) is 6.53. The maximum Gasteiger partial charge on any atom is 0.145 e. The van der Waals surface area contributed by atoms with Crippen molar-refractivity contribution in [2.75, 3.05) is 23.7 Å². The smallest absolute Gasteiger partial charge is 0.145 e. The Morgan fingerprint density at radius 1 is 1.33 bits per heavy atom. The molecular formula is C13H21BrN4. The maximum atomic E-state index is 4.29. The van der Waals surface area contributed by atoms with Crippen LogP contribution in [0.3, 0.4) is 0 Å². The number of anilines is 2. The lowest BCUT2D eigenvalue weighted by Gasteiger charge is -2.11. The molecular weight excluding hydrogens is 292 g/mol. The Kier molecular flexibility index (Phi) is 4.10. The second-order valence-corrected chi connectivity index (χ2v) is 6.38. The Balaban J connectivity index is 1.95. The zero-order valence-corrected chi connectivity index (χ0v) is 12.8. The molecule has 1 atom stereocenters. The minimum atomic E-state index is 0.496. The van der Waals surface area contributed by atoms with Gasteiger partial charge in [0.05, 0.1) is 0 Å². The van der Waals surface area contributed by atoms with Crippen LogP contribution in [-0.2, 0) is 0 Å². The number of hydrogen-bond donors (Lipinski definition) is 2. The zero-order valence-electron chi connectivity index (χ0n) is 11.3. The van der Waals surface area contributed by atoms with Gasteiger partial charge in [0.1, 0.15) is 22.4 Å². The van der Waals surface area contributed by atoms with Crippen molar-refractivity contribution in [1.29, 1.82) is 0 Å². The molecule has 4 nitrogen and oxygen atoms in total. The summed E-state index contributed by atoms with van der Waals surface area (Å²) < 4.78 is 0.928. The van der Waals surface area contributed by atoms with Crippen LogP contribution in [0.25, 0.3) is 0 Å². The highest BCUT2D eigenvalue weighted by Crippen LogP contribution is 2.51. The molecule has 100 valence electrons. The molecule has 1 heterocycles. The Bertz CT molecular complexity index is 419. The van der Waals surface area contributed by atoms with Gasteiger partial charge in [-0.3, -0.25) is 0 Å². The quantitative estimate of drug-likeness (QED) is 0.844. The minimum Gasteiger partial charge on any atom is -0.369 e. The summed E-state index contributed by atoms with van der Waals surface area (Å²) in [4.78, 5) is 8.52. The number of rotatable bonds is 6. The monoisotopic (exact) mass is 312 g/mol. The van der Waals surface area contributed by atoms with Crippen molar-refractivity contribution in [3.8, 4) is 0 Å². The molecule has 18 heavy (non-hydrogen) atoms. The Morgan fingerprint density at radius 2 is 1.94 bits per heavy atom. The van der Waals surface area contributed by atoms with E-state index in [2.05, 4.69) is 57.3 Å². The third-order valence-corrected chi connectivity index (χ3v) is 4.32. The summed E-state index contributed by atoms with van der Waals surface area (Å²) >= 11 is 3.56. The fourth-order valence-electron chi connectivity index (χ4n) is 2.00. The van der Waals surface area contributed by atoms with Gasteiger partial charge in [0.25, 0.3) is 0 Å². The van der Waals surface area contributed by atoms with Gasteiger partial charge < -0.3 is 10.6 Å². The first-order valence-corrected chi connectivity index (χ1v) is 7.32. The van der Waals surface area contributed by atoms with Crippen molar-refractivity contribution in [1.82, 2.24) is 9.97 Å². The lowest BCUT2D eigenvalue weighted by Crippen LogP contribution is -2.11. The van der Waals surface area contributed by atoms with E-state index < -0.39 is 0 Å². The molecule has 0 amide bonds. The normalized spacial score (nSPS) is 20.6. The van der Waals surface area contributed by atoms with Gasteiger partial charge >= 0.3 is 0 Å². The van der Waals surface area contributed by atoms with Crippen LogP contribution in [0.5, 0.6) is 0 Å². The van der Waals surface area contributed by atoms with E-state index in [0.29, 0.717) is 5.41 Å². The highest BCUT2D eigenvalue weighted by atomic mass is 79.9. The number of nitrogens with zero attached hydrogens (tertiary/aromatic N) is 2. The number of halogens is 1. The van der Waals surface area contributed by atoms with Crippen LogP contribution < -0.4 is 10.6 Å². The summed E-state index contributed by atoms with van der Waals surface area (Å²) in [6.07, 6.45) is 3.97. The van der Waals surface area contributed by atoms with E-state index in [1.807, 2.05) is 0 Å². The summed E-state index contributed by atoms with van der Waals surface area (Å²) in [5, 5.41) is 6.69. The highest BCUT2D eigenvalue weighted by Gasteiger charge is 2.45. The van der Waals surface area contributed by atoms with Gasteiger partial charge in [-0.05, 0) is 40.1 Å². The lowest BCUT2D eigenvalue weighted by molar-refractivity contribution is 0.572. The summed E-state index contributed by atoms with van der Waals surface area (Å²) in [5.74, 6) is 2.50. The largest absolute Gasteiger partial charge is 0.369 e. The molecule has 0 spiro atoms. The molecule has 1 aromatic heterocycles. The molecule has 2 N–H and O–H groups in total. The second-order valence-electron chi connectivity index (χ2n) is 5.58. The van der Waals surface area contributed by atoms with E-state index in [-0.39, 0.29) is 0 Å². The SMILES string of the molecule is CCCNc1ncnc(NCC2CC2(C)C)c1Br. The average molecular weight is 313 g/mol. The number of nitrogens with one attached hydrogen (secondary N) is 2. The molecule has 5 heteroatoms. The van der Waals surface area contributed by atoms with Gasteiger partial charge in [-0.2, -0.15) is 0 Å². The first-order chi connectivity index (χ1) is 8.54. The van der Waals surface area contributed by atoms with Crippen molar-refractivity contribution in [3.63, 3.8) is 0 Å². The number of aromatic nitrogens is 2. The fourth-order valence-corrected chi connectivity index (χ4v) is 2.49. The second kappa shape index (κ2) is 5.43. The predicted octanol–water partition coefficient (Wildman–Crippen LogP) is 3.52. The Labute approximate surface area is 117 Å². The summed E-state index contributed by atoms with van der Waals surface area (Å²) in [6.45, 7) is 8.65. The molecule has 0 bridgehead atoms. The molecule has 1 aliphatic rings. The van der Waals surface area contributed by atoms with Crippen LogP contribution in [0.2, 0.25) is 0 Å². The van der Waals surface area contributed by atoms with Gasteiger partial charge in [-0.15, -0.1) is 0 Å². The van der Waals surface area contributed by atoms with Crippen molar-refractivity contribution >= 4 is 27.6 Å². The molecule has 0 aromatic carbocycles. The van der Waals surface area contributed by atoms with Crippen molar-refractivity contribution < 1.29 is 0 Å². The van der Waals surface area contributed by atoms with E-state index in [1.165, 1.54) is 6.42 Å². The molecule has 1 aromatic rings. The topological polar surface area (TPSA) is 49.8 Å². The first kappa shape index (κ1) is 13.6. The fraction of sp³-hybridized carbons (Fsp3) is 0.692. The van der Waals surface area contributed by atoms with E-state index >= 15 is 0 Å². The average Bonchev–Trinajstić information content (AvgIpc) is 2.94. The standard InChI is InChI=1S/C13H21BrN4/c1-4-5-15-11-10(14)12(18-8-17-11)16-7-9-6-13(9,2)3/h8-9H,4-7H2,1-3H3,(H2,15,16,17,18). The Morgan fingerprint density at radius 3 is 2.50 bits per heavy atom. The van der Waals surface area contributed by atoms with Crippen LogP contribution in [0.4, 0.5) is 11.6 Å². The molecule has 0 radical (unpaired) electrons. The third kappa shape index (κ3) is 3.13. The van der Waals surface area contributed by atoms with E-state index in [1.54, 1.807) is 6.33 Å². The molecule has 0 saturated heterocycles. The molecule has 1 saturated carbocycles. The van der Waals surface area contributed by atoms with Gasteiger partial charge in [0, 0.05) is 13.1 Å². The molecule has 1 unspecified atom stereocenters. The van der Waals surface area contributed by atoms with Gasteiger partial charge in [-0.25, -0.2) is 9.97 Å². The molecule has 2 rings (SSSR count). The Hall–Kier alpha value is -0.840. The lowest BCUT2D eigenvalue weighted by atomic mass is 10.1. The van der Waals surface area contributed by atoms with Crippen molar-refractivity contribution in [2.24, 2.45) is 11.3 Å². The number of hydrogen-bond acceptors (Lipinski definition) is 4. The summed E-state index contributed by atoms with van der Waals surface area (Å²) in [5.41, 5.74) is 0.496. The molecule has 1 fully saturated rings. The minimum absolute atomic E-state index is 0.496. The van der Waals surface area contributed by atoms with Crippen LogP contribution in [0.1, 0.15) is 33.6 Å². The summed E-state index contributed by atoms with van der Waals surface area (Å²) in [7, 11) is 0. The third-order valence-electron chi connectivity index (χ3n) is 3.57. The summed E-state index contributed by atoms with van der Waals surface area (Å²) in [6, 6.07) is 0. The van der Waals surface area contributed by atoms with Crippen LogP contribution in [-0.4, -0.2) is 23.1 Å². The molecule has 0 aliphatic heterocycles. The predicted molar refractivity (Wildman–Crippen MR) is 78.9 cm³/mol. The van der Waals surface area contributed by atoms with E-state index in [4.69, 9.17) is 0 Å². The van der Waals surface area contributed by atoms with Crippen LogP contribution in [0, 0.1) is 11.3 Å². The molecule has 1 aliphatic carbocycles. The van der Waals surface area contributed by atoms with Crippen molar-refractivity contribution in [3.05, 3.63) is 10.8 Å². The highest BCUT2D eigenvalue weighted by molar-refractivity contribution is 9.10. The van der Waals surface area contributed by atoms with Gasteiger partial charge in [0.2, 0.25) is 0 Å². The maximum absolute atomic E-state index is 4.29. The van der Waals surface area contributed by atoms with Crippen molar-refractivity contribution in [2.45, 2.75) is 33.6 Å². The van der Waals surface area contributed by atoms with E-state index in [9.17, 15) is 0 Å². The van der Waals surface area contributed by atoms with Gasteiger partial charge in [0.15, 0.2) is 0 Å². The van der Waals surface area contributed by atoms with Crippen LogP contribution >= 0.6 is 15.9 Å². The zero-order chi connectivity index (χ0) is 13.2. The van der Waals surface area contributed by atoms with Gasteiger partial charge in [-0.1, -0.05) is 20.8 Å².